The maximum atomic E-state index is 12.1. The van der Waals surface area contributed by atoms with E-state index < -0.39 is 0 Å². The Hall–Kier alpha value is -2.33. The smallest absolute Gasteiger partial charge is 0.239 e. The van der Waals surface area contributed by atoms with Gasteiger partial charge in [0.1, 0.15) is 11.9 Å². The van der Waals surface area contributed by atoms with Gasteiger partial charge in [0, 0.05) is 32.1 Å². The molecule has 8 heteroatoms. The number of aryl methyl sites for hydroxylation is 1. The third kappa shape index (κ3) is 8.37. The Labute approximate surface area is 201 Å². The number of guanidine groups is 1. The second-order valence-corrected chi connectivity index (χ2v) is 7.26. The van der Waals surface area contributed by atoms with E-state index >= 15 is 0 Å². The zero-order valence-corrected chi connectivity index (χ0v) is 20.3. The number of carbonyl (C=O) groups is 1. The number of nitrogens with zero attached hydrogens (tertiary/aromatic N) is 1. The zero-order valence-electron chi connectivity index (χ0n) is 18.0. The monoisotopic (exact) mass is 538 g/mol. The number of aliphatic imine (C=N–C) groups is 1. The molecular weight excluding hydrogens is 507 g/mol. The molecule has 3 N–H and O–H groups in total. The van der Waals surface area contributed by atoms with Gasteiger partial charge in [-0.1, -0.05) is 42.5 Å². The molecule has 0 spiro atoms. The van der Waals surface area contributed by atoms with Crippen LogP contribution in [-0.4, -0.2) is 44.8 Å². The van der Waals surface area contributed by atoms with E-state index in [9.17, 15) is 4.79 Å². The summed E-state index contributed by atoms with van der Waals surface area (Å²) in [5.41, 5.74) is 3.24. The number of halogens is 1. The molecule has 2 aromatic carbocycles. The number of nitrogens with one attached hydrogen (secondary N) is 3. The summed E-state index contributed by atoms with van der Waals surface area (Å²) in [5, 5.41) is 9.18. The Morgan fingerprint density at radius 3 is 2.65 bits per heavy atom. The van der Waals surface area contributed by atoms with Crippen molar-refractivity contribution in [3.05, 3.63) is 65.2 Å². The molecule has 1 unspecified atom stereocenters. The first-order valence-corrected chi connectivity index (χ1v) is 10.2. The fraction of sp³-hybridized carbons (Fsp3) is 0.391. The number of benzene rings is 2. The second kappa shape index (κ2) is 13.2. The van der Waals surface area contributed by atoms with Gasteiger partial charge in [0.15, 0.2) is 5.96 Å². The zero-order chi connectivity index (χ0) is 21.2. The fourth-order valence-corrected chi connectivity index (χ4v) is 3.13. The Morgan fingerprint density at radius 2 is 1.94 bits per heavy atom. The van der Waals surface area contributed by atoms with Crippen LogP contribution in [0, 0.1) is 6.92 Å². The molecule has 0 saturated carbocycles. The standard InChI is InChI=1S/C23H30N4O3.HI/c1-17-8-9-19(21(12-17)30-20-10-11-29-16-20)14-26-23(24-2)27-15-22(28)25-13-18-6-4-3-5-7-18;/h3-9,12,20H,10-11,13-16H2,1-2H3,(H,25,28)(H2,24,26,27);1H. The number of hydrogen-bond acceptors (Lipinski definition) is 4. The first kappa shape index (κ1) is 24.9. The maximum Gasteiger partial charge on any atom is 0.239 e. The van der Waals surface area contributed by atoms with Gasteiger partial charge in [-0.05, 0) is 24.1 Å². The lowest BCUT2D eigenvalue weighted by Crippen LogP contribution is -2.42. The highest BCUT2D eigenvalue weighted by Gasteiger charge is 2.18. The molecule has 2 aromatic rings. The summed E-state index contributed by atoms with van der Waals surface area (Å²) < 4.78 is 11.5. The molecule has 1 aliphatic rings. The van der Waals surface area contributed by atoms with E-state index in [4.69, 9.17) is 9.47 Å². The topological polar surface area (TPSA) is 84.0 Å². The Kier molecular flexibility index (Phi) is 10.6. The molecule has 3 rings (SSSR count). The average Bonchev–Trinajstić information content (AvgIpc) is 3.27. The van der Waals surface area contributed by atoms with Crippen molar-refractivity contribution in [2.45, 2.75) is 32.5 Å². The van der Waals surface area contributed by atoms with Crippen molar-refractivity contribution in [1.82, 2.24) is 16.0 Å². The van der Waals surface area contributed by atoms with Crippen LogP contribution < -0.4 is 20.7 Å². The molecule has 31 heavy (non-hydrogen) atoms. The van der Waals surface area contributed by atoms with Crippen LogP contribution in [0.3, 0.4) is 0 Å². The molecule has 1 atom stereocenters. The van der Waals surface area contributed by atoms with Gasteiger partial charge >= 0.3 is 0 Å². The van der Waals surface area contributed by atoms with E-state index in [0.29, 0.717) is 25.7 Å². The molecule has 7 nitrogen and oxygen atoms in total. The first-order valence-electron chi connectivity index (χ1n) is 10.2. The lowest BCUT2D eigenvalue weighted by Gasteiger charge is -2.18. The van der Waals surface area contributed by atoms with Gasteiger partial charge in [-0.2, -0.15) is 0 Å². The Morgan fingerprint density at radius 1 is 1.13 bits per heavy atom. The molecule has 0 bridgehead atoms. The number of ether oxygens (including phenoxy) is 2. The van der Waals surface area contributed by atoms with Gasteiger partial charge in [-0.25, -0.2) is 0 Å². The predicted octanol–water partition coefficient (Wildman–Crippen LogP) is 2.76. The maximum absolute atomic E-state index is 12.1. The van der Waals surface area contributed by atoms with Crippen LogP contribution in [0.2, 0.25) is 0 Å². The average molecular weight is 538 g/mol. The molecule has 1 heterocycles. The Bertz CT molecular complexity index is 855. The van der Waals surface area contributed by atoms with Crippen LogP contribution >= 0.6 is 24.0 Å². The van der Waals surface area contributed by atoms with Gasteiger partial charge in [-0.15, -0.1) is 24.0 Å². The summed E-state index contributed by atoms with van der Waals surface area (Å²) in [6.45, 7) is 4.60. The van der Waals surface area contributed by atoms with Crippen LogP contribution in [0.25, 0.3) is 0 Å². The van der Waals surface area contributed by atoms with E-state index in [1.165, 1.54) is 0 Å². The SMILES string of the molecule is CN=C(NCC(=O)NCc1ccccc1)NCc1ccc(C)cc1OC1CCOC1.I. The summed E-state index contributed by atoms with van der Waals surface area (Å²) in [6, 6.07) is 16.0. The van der Waals surface area contributed by atoms with Gasteiger partial charge < -0.3 is 25.4 Å². The molecule has 0 radical (unpaired) electrons. The summed E-state index contributed by atoms with van der Waals surface area (Å²) in [4.78, 5) is 16.3. The van der Waals surface area contributed by atoms with Crippen molar-refractivity contribution in [2.24, 2.45) is 4.99 Å². The number of hydrogen-bond donors (Lipinski definition) is 3. The number of carbonyl (C=O) groups excluding carboxylic acids is 1. The molecule has 1 amide bonds. The molecule has 0 aliphatic carbocycles. The van der Waals surface area contributed by atoms with E-state index in [0.717, 1.165) is 35.5 Å². The van der Waals surface area contributed by atoms with Crippen molar-refractivity contribution < 1.29 is 14.3 Å². The highest BCUT2D eigenvalue weighted by Crippen LogP contribution is 2.23. The lowest BCUT2D eigenvalue weighted by atomic mass is 10.1. The molecule has 1 fully saturated rings. The van der Waals surface area contributed by atoms with Gasteiger partial charge in [0.25, 0.3) is 0 Å². The minimum Gasteiger partial charge on any atom is -0.488 e. The summed E-state index contributed by atoms with van der Waals surface area (Å²) >= 11 is 0. The van der Waals surface area contributed by atoms with Crippen LogP contribution in [0.1, 0.15) is 23.1 Å². The Balaban J connectivity index is 0.00000341. The van der Waals surface area contributed by atoms with Gasteiger partial charge in [0.05, 0.1) is 19.8 Å². The fourth-order valence-electron chi connectivity index (χ4n) is 3.13. The van der Waals surface area contributed by atoms with Crippen molar-refractivity contribution >= 4 is 35.8 Å². The molecule has 0 aromatic heterocycles. The molecule has 168 valence electrons. The quantitative estimate of drug-likeness (QED) is 0.274. The van der Waals surface area contributed by atoms with Gasteiger partial charge in [-0.3, -0.25) is 9.79 Å². The van der Waals surface area contributed by atoms with Crippen molar-refractivity contribution in [3.63, 3.8) is 0 Å². The third-order valence-corrected chi connectivity index (χ3v) is 4.82. The van der Waals surface area contributed by atoms with Crippen LogP contribution in [0.5, 0.6) is 5.75 Å². The molecule has 1 saturated heterocycles. The van der Waals surface area contributed by atoms with E-state index in [1.54, 1.807) is 7.05 Å². The summed E-state index contributed by atoms with van der Waals surface area (Å²) in [5.74, 6) is 1.32. The summed E-state index contributed by atoms with van der Waals surface area (Å²) in [7, 11) is 1.68. The molecular formula is C23H31IN4O3. The summed E-state index contributed by atoms with van der Waals surface area (Å²) in [6.07, 6.45) is 0.999. The number of rotatable bonds is 8. The van der Waals surface area contributed by atoms with E-state index in [-0.39, 0.29) is 42.5 Å². The minimum absolute atomic E-state index is 0. The highest BCUT2D eigenvalue weighted by atomic mass is 127. The van der Waals surface area contributed by atoms with Crippen LogP contribution in [-0.2, 0) is 22.6 Å². The van der Waals surface area contributed by atoms with Crippen LogP contribution in [0.15, 0.2) is 53.5 Å². The molecule has 1 aliphatic heterocycles. The largest absolute Gasteiger partial charge is 0.488 e. The van der Waals surface area contributed by atoms with E-state index in [2.05, 4.69) is 27.0 Å². The minimum atomic E-state index is -0.0950. The van der Waals surface area contributed by atoms with Crippen LogP contribution in [0.4, 0.5) is 0 Å². The first-order chi connectivity index (χ1) is 14.6. The third-order valence-electron chi connectivity index (χ3n) is 4.82. The number of amides is 1. The normalized spacial score (nSPS) is 15.7. The van der Waals surface area contributed by atoms with Gasteiger partial charge in [0.2, 0.25) is 5.91 Å². The van der Waals surface area contributed by atoms with Crippen molar-refractivity contribution in [2.75, 3.05) is 26.8 Å². The van der Waals surface area contributed by atoms with E-state index in [1.807, 2.05) is 49.4 Å². The van der Waals surface area contributed by atoms with Crippen molar-refractivity contribution in [3.8, 4) is 5.75 Å². The second-order valence-electron chi connectivity index (χ2n) is 7.26. The van der Waals surface area contributed by atoms with Crippen molar-refractivity contribution in [1.29, 1.82) is 0 Å². The predicted molar refractivity (Wildman–Crippen MR) is 133 cm³/mol. The highest BCUT2D eigenvalue weighted by molar-refractivity contribution is 14.0. The lowest BCUT2D eigenvalue weighted by molar-refractivity contribution is -0.120.